The lowest BCUT2D eigenvalue weighted by Crippen LogP contribution is -2.12. The molecule has 0 amide bonds. The number of nitrogens with zero attached hydrogens (tertiary/aromatic N) is 6. The summed E-state index contributed by atoms with van der Waals surface area (Å²) in [6.07, 6.45) is 0. The molecule has 0 saturated heterocycles. The van der Waals surface area contributed by atoms with Gasteiger partial charge in [0.1, 0.15) is 11.0 Å². The van der Waals surface area contributed by atoms with Crippen molar-refractivity contribution in [1.82, 2.24) is 30.4 Å². The summed E-state index contributed by atoms with van der Waals surface area (Å²) in [5.74, 6) is 0.484. The van der Waals surface area contributed by atoms with Gasteiger partial charge in [0.25, 0.3) is 0 Å². The molecule has 312 valence electrons. The number of aryl methyl sites for hydroxylation is 6. The van der Waals surface area contributed by atoms with Crippen molar-refractivity contribution in [3.63, 3.8) is 0 Å². The number of aromatic nitrogens is 6. The lowest BCUT2D eigenvalue weighted by atomic mass is 9.94. The number of nitrogens with one attached hydrogen (secondary N) is 1. The Bertz CT molecular complexity index is 3140. The van der Waals surface area contributed by atoms with E-state index in [2.05, 4.69) is 122 Å². The molecule has 0 bridgehead atoms. The molecule has 8 aromatic rings. The van der Waals surface area contributed by atoms with E-state index in [4.69, 9.17) is 16.0 Å². The molecule has 0 fully saturated rings. The van der Waals surface area contributed by atoms with Gasteiger partial charge in [-0.2, -0.15) is 0 Å². The summed E-state index contributed by atoms with van der Waals surface area (Å²) in [5, 5.41) is 29.6. The summed E-state index contributed by atoms with van der Waals surface area (Å²) in [7, 11) is -7.35. The van der Waals surface area contributed by atoms with Crippen LogP contribution in [-0.4, -0.2) is 47.2 Å². The van der Waals surface area contributed by atoms with Crippen molar-refractivity contribution in [2.45, 2.75) is 51.3 Å². The summed E-state index contributed by atoms with van der Waals surface area (Å²) in [6, 6.07) is 33.2. The summed E-state index contributed by atoms with van der Waals surface area (Å²) in [6.45, 7) is 12.4. The van der Waals surface area contributed by atoms with Gasteiger partial charge in [-0.3, -0.25) is 0 Å². The molecule has 0 aliphatic heterocycles. The summed E-state index contributed by atoms with van der Waals surface area (Å²) >= 11 is 3.13. The fraction of sp³-hybridized carbons (Fsp3) is 0.136. The van der Waals surface area contributed by atoms with Crippen LogP contribution >= 0.6 is 15.9 Å². The van der Waals surface area contributed by atoms with Crippen LogP contribution in [0.25, 0.3) is 44.3 Å². The SMILES string of the molecule is Cc1cccc(C)c1-c1cc(C)c2nc(N)nnc2c1.Cc1cccc(C)c1-c1cc(C)c2nc(Nc3cccc(S(N)(=O)=O)c3)nnc2c1.NS(=O)(=O)c1cccc(Br)c1. The number of fused-ring (bicyclic) bond motifs is 2. The lowest BCUT2D eigenvalue weighted by Gasteiger charge is -2.12. The Morgan fingerprint density at radius 2 is 0.951 bits per heavy atom. The largest absolute Gasteiger partial charge is 0.366 e. The first-order chi connectivity index (χ1) is 28.8. The normalized spacial score (nSPS) is 11.4. The molecule has 0 aliphatic carbocycles. The van der Waals surface area contributed by atoms with Crippen molar-refractivity contribution in [3.05, 3.63) is 147 Å². The minimum absolute atomic E-state index is 0.00988. The van der Waals surface area contributed by atoms with Gasteiger partial charge in [0.2, 0.25) is 31.9 Å². The van der Waals surface area contributed by atoms with Crippen LogP contribution in [0.3, 0.4) is 0 Å². The van der Waals surface area contributed by atoms with Crippen LogP contribution in [0, 0.1) is 41.5 Å². The van der Waals surface area contributed by atoms with Crippen LogP contribution in [0.15, 0.2) is 123 Å². The minimum Gasteiger partial charge on any atom is -0.366 e. The van der Waals surface area contributed by atoms with E-state index in [0.717, 1.165) is 38.8 Å². The second kappa shape index (κ2) is 18.2. The quantitative estimate of drug-likeness (QED) is 0.123. The van der Waals surface area contributed by atoms with E-state index in [9.17, 15) is 16.8 Å². The van der Waals surface area contributed by atoms with Gasteiger partial charge in [-0.25, -0.2) is 37.1 Å². The highest BCUT2D eigenvalue weighted by molar-refractivity contribution is 9.10. The smallest absolute Gasteiger partial charge is 0.247 e. The highest BCUT2D eigenvalue weighted by Gasteiger charge is 2.14. The molecule has 7 N–H and O–H groups in total. The minimum atomic E-state index is -3.79. The molecule has 17 heteroatoms. The lowest BCUT2D eigenvalue weighted by molar-refractivity contribution is 0.596. The molecule has 0 aliphatic rings. The van der Waals surface area contributed by atoms with E-state index in [1.54, 1.807) is 24.3 Å². The first-order valence-electron chi connectivity index (χ1n) is 18.7. The molecule has 2 aromatic heterocycles. The van der Waals surface area contributed by atoms with Gasteiger partial charge < -0.3 is 11.1 Å². The Hall–Kier alpha value is -6.24. The van der Waals surface area contributed by atoms with Crippen LogP contribution in [-0.2, 0) is 20.0 Å². The number of rotatable bonds is 6. The highest BCUT2D eigenvalue weighted by atomic mass is 79.9. The van der Waals surface area contributed by atoms with Gasteiger partial charge >= 0.3 is 0 Å². The van der Waals surface area contributed by atoms with E-state index in [1.165, 1.54) is 57.6 Å². The number of benzene rings is 6. The number of primary sulfonamides is 2. The molecular weight excluding hydrogens is 877 g/mol. The molecule has 0 spiro atoms. The Kier molecular flexibility index (Phi) is 13.2. The third-order valence-corrected chi connectivity index (χ3v) is 11.9. The molecule has 0 radical (unpaired) electrons. The fourth-order valence-electron chi connectivity index (χ4n) is 6.84. The fourth-order valence-corrected chi connectivity index (χ4v) is 8.51. The number of halogens is 1. The van der Waals surface area contributed by atoms with E-state index >= 15 is 0 Å². The van der Waals surface area contributed by atoms with Crippen LogP contribution < -0.4 is 21.3 Å². The molecule has 0 unspecified atom stereocenters. The summed E-state index contributed by atoms with van der Waals surface area (Å²) < 4.78 is 45.3. The number of hydrogen-bond donors (Lipinski definition) is 4. The van der Waals surface area contributed by atoms with Crippen LogP contribution in [0.4, 0.5) is 17.6 Å². The monoisotopic (exact) mass is 918 g/mol. The molecule has 0 saturated carbocycles. The Morgan fingerprint density at radius 1 is 0.508 bits per heavy atom. The van der Waals surface area contributed by atoms with Crippen LogP contribution in [0.2, 0.25) is 0 Å². The van der Waals surface area contributed by atoms with E-state index in [-0.39, 0.29) is 21.7 Å². The van der Waals surface area contributed by atoms with Crippen LogP contribution in [0.1, 0.15) is 33.4 Å². The zero-order valence-corrected chi connectivity index (χ0v) is 37.4. The number of hydrogen-bond acceptors (Lipinski definition) is 12. The van der Waals surface area contributed by atoms with Crippen molar-refractivity contribution in [3.8, 4) is 22.3 Å². The standard InChI is InChI=1S/C22H21N5O2S.C16H16N4.C6H6BrNO2S/c1-13-6-4-7-14(2)20(13)16-10-15(3)21-19(11-16)26-27-22(25-21)24-17-8-5-9-18(12-17)30(23,28)29;1-9-5-4-6-10(2)14(9)12-7-11(3)15-13(8-12)19-20-16(17)18-15;7-5-2-1-3-6(4-5)11(8,9)10/h4-12H,1-3H3,(H2,23,28,29)(H,24,25,27);4-8H,1-3H3,(H2,17,18,20);1-4H,(H2,8,9,10). The molecule has 61 heavy (non-hydrogen) atoms. The zero-order chi connectivity index (χ0) is 44.2. The number of sulfonamides is 2. The third kappa shape index (κ3) is 10.7. The van der Waals surface area contributed by atoms with Gasteiger partial charge in [0.15, 0.2) is 0 Å². The van der Waals surface area contributed by atoms with Gasteiger partial charge in [-0.15, -0.1) is 20.4 Å². The molecule has 0 atom stereocenters. The maximum absolute atomic E-state index is 11.6. The van der Waals surface area contributed by atoms with Crippen molar-refractivity contribution < 1.29 is 16.8 Å². The predicted molar refractivity (Wildman–Crippen MR) is 245 cm³/mol. The Balaban J connectivity index is 0.000000172. The average Bonchev–Trinajstić information content (AvgIpc) is 3.18. The number of nitrogens with two attached hydrogens (primary N) is 3. The van der Waals surface area contributed by atoms with Crippen molar-refractivity contribution >= 4 is 75.6 Å². The Morgan fingerprint density at radius 3 is 1.43 bits per heavy atom. The predicted octanol–water partition coefficient (Wildman–Crippen LogP) is 8.30. The second-order valence-electron chi connectivity index (χ2n) is 14.4. The van der Waals surface area contributed by atoms with Crippen molar-refractivity contribution in [2.24, 2.45) is 10.3 Å². The molecular formula is C44H43BrN10O4S2. The maximum atomic E-state index is 11.6. The topological polar surface area (TPSA) is 236 Å². The second-order valence-corrected chi connectivity index (χ2v) is 18.4. The first-order valence-corrected chi connectivity index (χ1v) is 22.5. The highest BCUT2D eigenvalue weighted by Crippen LogP contribution is 2.32. The average molecular weight is 920 g/mol. The van der Waals surface area contributed by atoms with Gasteiger partial charge in [-0.05, 0) is 158 Å². The van der Waals surface area contributed by atoms with Crippen LogP contribution in [0.5, 0.6) is 0 Å². The first kappa shape index (κ1) is 44.3. The number of anilines is 3. The van der Waals surface area contributed by atoms with Crippen molar-refractivity contribution in [2.75, 3.05) is 11.1 Å². The molecule has 8 rings (SSSR count). The molecule has 2 heterocycles. The van der Waals surface area contributed by atoms with E-state index < -0.39 is 20.0 Å². The molecule has 6 aromatic carbocycles. The van der Waals surface area contributed by atoms with Gasteiger partial charge in [0, 0.05) is 10.2 Å². The zero-order valence-electron chi connectivity index (χ0n) is 34.1. The summed E-state index contributed by atoms with van der Waals surface area (Å²) in [4.78, 5) is 8.96. The van der Waals surface area contributed by atoms with Gasteiger partial charge in [0.05, 0.1) is 20.8 Å². The number of nitrogen functional groups attached to an aromatic ring is 1. The van der Waals surface area contributed by atoms with Gasteiger partial charge in [-0.1, -0.05) is 64.5 Å². The third-order valence-electron chi connectivity index (χ3n) is 9.60. The van der Waals surface area contributed by atoms with E-state index in [1.807, 2.05) is 32.0 Å². The Labute approximate surface area is 362 Å². The summed E-state index contributed by atoms with van der Waals surface area (Å²) in [5.41, 5.74) is 20.7. The van der Waals surface area contributed by atoms with Crippen molar-refractivity contribution in [1.29, 1.82) is 0 Å². The maximum Gasteiger partial charge on any atom is 0.247 e. The van der Waals surface area contributed by atoms with E-state index in [0.29, 0.717) is 15.7 Å². The molecule has 14 nitrogen and oxygen atoms in total.